The van der Waals surface area contributed by atoms with Gasteiger partial charge in [-0.05, 0) is 30.4 Å². The second-order valence-electron chi connectivity index (χ2n) is 3.45. The molecule has 2 rings (SSSR count). The Hall–Kier alpha value is -1.00. The van der Waals surface area contributed by atoms with Gasteiger partial charge in [-0.25, -0.2) is 4.31 Å². The molecule has 0 aromatic carbocycles. The van der Waals surface area contributed by atoms with Crippen LogP contribution in [0.15, 0.2) is 24.4 Å². The van der Waals surface area contributed by atoms with Crippen LogP contribution in [-0.2, 0) is 0 Å². The first kappa shape index (κ1) is 14.1. The highest BCUT2D eigenvalue weighted by atomic mass is 32.2. The van der Waals surface area contributed by atoms with Crippen LogP contribution in [0.3, 0.4) is 0 Å². The predicted molar refractivity (Wildman–Crippen MR) is 74.9 cm³/mol. The summed E-state index contributed by atoms with van der Waals surface area (Å²) in [5.74, 6) is 0.223. The maximum absolute atomic E-state index is 9.14. The maximum Gasteiger partial charge on any atom is 0.133 e. The lowest BCUT2D eigenvalue weighted by molar-refractivity contribution is 0.472. The van der Waals surface area contributed by atoms with Crippen LogP contribution in [0.25, 0.3) is 5.57 Å². The second kappa shape index (κ2) is 7.35. The minimum atomic E-state index is 0.223. The van der Waals surface area contributed by atoms with Gasteiger partial charge in [-0.15, -0.1) is 0 Å². The highest BCUT2D eigenvalue weighted by Gasteiger charge is 2.12. The largest absolute Gasteiger partial charge is 0.506 e. The molecule has 1 aromatic heterocycles. The van der Waals surface area contributed by atoms with E-state index in [1.165, 1.54) is 11.8 Å². The van der Waals surface area contributed by atoms with E-state index in [0.29, 0.717) is 0 Å². The molecule has 1 aromatic rings. The van der Waals surface area contributed by atoms with E-state index in [1.807, 2.05) is 19.9 Å². The molecule has 0 unspecified atom stereocenters. The Balaban J connectivity index is 0.000000686. The second-order valence-corrected chi connectivity index (χ2v) is 4.33. The van der Waals surface area contributed by atoms with Gasteiger partial charge in [-0.3, -0.25) is 4.98 Å². The molecule has 94 valence electrons. The average molecular weight is 252 g/mol. The molecule has 0 saturated heterocycles. The zero-order valence-electron chi connectivity index (χ0n) is 10.7. The van der Waals surface area contributed by atoms with Crippen molar-refractivity contribution >= 4 is 17.5 Å². The molecule has 17 heavy (non-hydrogen) atoms. The molecule has 0 spiro atoms. The van der Waals surface area contributed by atoms with Crippen LogP contribution in [-0.4, -0.2) is 33.7 Å². The summed E-state index contributed by atoms with van der Waals surface area (Å²) in [5.41, 5.74) is 2.26. The summed E-state index contributed by atoms with van der Waals surface area (Å²) >= 11 is 1.77. The van der Waals surface area contributed by atoms with Crippen molar-refractivity contribution in [1.29, 1.82) is 0 Å². The molecule has 1 aliphatic heterocycles. The molecule has 1 N–H and O–H groups in total. The Labute approximate surface area is 108 Å². The number of hydrogen-bond acceptors (Lipinski definition) is 4. The van der Waals surface area contributed by atoms with Gasteiger partial charge in [0.15, 0.2) is 0 Å². The molecule has 2 heterocycles. The fourth-order valence-corrected chi connectivity index (χ4v) is 2.12. The summed E-state index contributed by atoms with van der Waals surface area (Å²) < 4.78 is 2.31. The van der Waals surface area contributed by atoms with Gasteiger partial charge < -0.3 is 5.11 Å². The highest BCUT2D eigenvalue weighted by Crippen LogP contribution is 2.23. The first-order valence-corrected chi connectivity index (χ1v) is 7.11. The van der Waals surface area contributed by atoms with E-state index in [0.717, 1.165) is 25.2 Å². The summed E-state index contributed by atoms with van der Waals surface area (Å²) in [4.78, 5) is 4.21. The summed E-state index contributed by atoms with van der Waals surface area (Å²) in [6.45, 7) is 6.04. The molecule has 0 fully saturated rings. The van der Waals surface area contributed by atoms with Gasteiger partial charge in [0.05, 0.1) is 11.9 Å². The van der Waals surface area contributed by atoms with Crippen molar-refractivity contribution in [3.05, 3.63) is 30.1 Å². The SMILES string of the molecule is CC.CSN1CC=C(c2ccc(O)cn2)CC1. The Bertz CT molecular complexity index is 362. The Kier molecular flexibility index (Phi) is 6.08. The van der Waals surface area contributed by atoms with E-state index in [4.69, 9.17) is 5.11 Å². The first-order chi connectivity index (χ1) is 8.29. The van der Waals surface area contributed by atoms with Gasteiger partial charge >= 0.3 is 0 Å². The highest BCUT2D eigenvalue weighted by molar-refractivity contribution is 7.96. The lowest BCUT2D eigenvalue weighted by atomic mass is 10.1. The molecule has 1 aliphatic rings. The van der Waals surface area contributed by atoms with Gasteiger partial charge in [0.1, 0.15) is 5.75 Å². The molecule has 0 radical (unpaired) electrons. The number of rotatable bonds is 2. The van der Waals surface area contributed by atoms with Crippen molar-refractivity contribution in [3.63, 3.8) is 0 Å². The van der Waals surface area contributed by atoms with Crippen molar-refractivity contribution in [3.8, 4) is 5.75 Å². The third-order valence-corrected chi connectivity index (χ3v) is 3.35. The van der Waals surface area contributed by atoms with Gasteiger partial charge in [0.25, 0.3) is 0 Å². The monoisotopic (exact) mass is 252 g/mol. The molecule has 4 heteroatoms. The van der Waals surface area contributed by atoms with Gasteiger partial charge in [-0.2, -0.15) is 0 Å². The van der Waals surface area contributed by atoms with Gasteiger partial charge in [0.2, 0.25) is 0 Å². The summed E-state index contributed by atoms with van der Waals surface area (Å²) in [6.07, 6.45) is 6.83. The number of pyridine rings is 1. The molecule has 3 nitrogen and oxygen atoms in total. The minimum Gasteiger partial charge on any atom is -0.506 e. The standard InChI is InChI=1S/C11H14N2OS.C2H6/c1-15-13-6-4-9(5-7-13)11-3-2-10(14)8-12-11;1-2/h2-4,8,14H,5-7H2,1H3;1-2H3. The average Bonchev–Trinajstić information content (AvgIpc) is 2.42. The van der Waals surface area contributed by atoms with Crippen LogP contribution >= 0.6 is 11.9 Å². The Morgan fingerprint density at radius 2 is 2.12 bits per heavy atom. The summed E-state index contributed by atoms with van der Waals surface area (Å²) in [5, 5.41) is 9.14. The third kappa shape index (κ3) is 4.06. The number of aromatic hydroxyl groups is 1. The third-order valence-electron chi connectivity index (χ3n) is 2.51. The van der Waals surface area contributed by atoms with Gasteiger partial charge in [0, 0.05) is 13.1 Å². The van der Waals surface area contributed by atoms with E-state index in [9.17, 15) is 0 Å². The lowest BCUT2D eigenvalue weighted by Crippen LogP contribution is -2.21. The normalized spacial score (nSPS) is 15.8. The molecule has 0 aliphatic carbocycles. The van der Waals surface area contributed by atoms with E-state index in [2.05, 4.69) is 21.6 Å². The summed E-state index contributed by atoms with van der Waals surface area (Å²) in [6, 6.07) is 3.56. The van der Waals surface area contributed by atoms with Crippen LogP contribution < -0.4 is 0 Å². The summed E-state index contributed by atoms with van der Waals surface area (Å²) in [7, 11) is 0. The molecule has 0 bridgehead atoms. The predicted octanol–water partition coefficient (Wildman–Crippen LogP) is 3.18. The lowest BCUT2D eigenvalue weighted by Gasteiger charge is -2.23. The zero-order chi connectivity index (χ0) is 12.7. The quantitative estimate of drug-likeness (QED) is 0.820. The zero-order valence-corrected chi connectivity index (χ0v) is 11.5. The van der Waals surface area contributed by atoms with Crippen LogP contribution in [0.1, 0.15) is 26.0 Å². The first-order valence-electron chi connectivity index (χ1n) is 5.93. The fraction of sp³-hybridized carbons (Fsp3) is 0.462. The van der Waals surface area contributed by atoms with E-state index in [-0.39, 0.29) is 5.75 Å². The van der Waals surface area contributed by atoms with Crippen molar-refractivity contribution in [2.24, 2.45) is 0 Å². The van der Waals surface area contributed by atoms with E-state index in [1.54, 1.807) is 18.0 Å². The number of nitrogens with zero attached hydrogens (tertiary/aromatic N) is 2. The molecule has 0 saturated carbocycles. The molecule has 0 atom stereocenters. The van der Waals surface area contributed by atoms with Crippen molar-refractivity contribution in [1.82, 2.24) is 9.29 Å². The van der Waals surface area contributed by atoms with Crippen LogP contribution in [0.5, 0.6) is 5.75 Å². The maximum atomic E-state index is 9.14. The van der Waals surface area contributed by atoms with Crippen LogP contribution in [0, 0.1) is 0 Å². The Morgan fingerprint density at radius 3 is 2.59 bits per heavy atom. The molecule has 0 amide bonds. The van der Waals surface area contributed by atoms with Crippen LogP contribution in [0.4, 0.5) is 0 Å². The van der Waals surface area contributed by atoms with Gasteiger partial charge in [-0.1, -0.05) is 31.9 Å². The molecular weight excluding hydrogens is 232 g/mol. The molecular formula is C13H20N2OS. The fourth-order valence-electron chi connectivity index (χ4n) is 1.62. The Morgan fingerprint density at radius 1 is 1.35 bits per heavy atom. The minimum absolute atomic E-state index is 0.223. The van der Waals surface area contributed by atoms with E-state index < -0.39 is 0 Å². The number of hydrogen-bond donors (Lipinski definition) is 1. The number of aromatic nitrogens is 1. The van der Waals surface area contributed by atoms with E-state index >= 15 is 0 Å². The topological polar surface area (TPSA) is 36.4 Å². The van der Waals surface area contributed by atoms with Crippen molar-refractivity contribution < 1.29 is 5.11 Å². The van der Waals surface area contributed by atoms with Crippen molar-refractivity contribution in [2.45, 2.75) is 20.3 Å². The van der Waals surface area contributed by atoms with Crippen molar-refractivity contribution in [2.75, 3.05) is 19.3 Å². The van der Waals surface area contributed by atoms with Crippen LogP contribution in [0.2, 0.25) is 0 Å². The smallest absolute Gasteiger partial charge is 0.133 e.